The fourth-order valence-corrected chi connectivity index (χ4v) is 3.36. The molecule has 106 valence electrons. The Morgan fingerprint density at radius 2 is 1.86 bits per heavy atom. The third kappa shape index (κ3) is 2.64. The first kappa shape index (κ1) is 14.0. The van der Waals surface area contributed by atoms with Crippen LogP contribution in [0.2, 0.25) is 0 Å². The van der Waals surface area contributed by atoms with Crippen LogP contribution in [0.1, 0.15) is 5.56 Å². The molecule has 2 unspecified atom stereocenters. The minimum absolute atomic E-state index is 0.191. The minimum Gasteiger partial charge on any atom is -0.388 e. The number of carbonyl (C=O) groups excluding carboxylic acids is 2. The van der Waals surface area contributed by atoms with Crippen molar-refractivity contribution in [3.63, 3.8) is 0 Å². The van der Waals surface area contributed by atoms with E-state index in [4.69, 9.17) is 0 Å². The monoisotopic (exact) mass is 298 g/mol. The topological polar surface area (TPSA) is 54.4 Å². The summed E-state index contributed by atoms with van der Waals surface area (Å²) in [6.45, 7) is 1.99. The van der Waals surface area contributed by atoms with Crippen LogP contribution in [0.3, 0.4) is 0 Å². The van der Waals surface area contributed by atoms with Crippen molar-refractivity contribution < 1.29 is 14.7 Å². The third-order valence-corrected chi connectivity index (χ3v) is 4.63. The van der Waals surface area contributed by atoms with Crippen molar-refractivity contribution >= 4 is 23.3 Å². The Morgan fingerprint density at radius 1 is 1.14 bits per heavy atom. The first-order valence-corrected chi connectivity index (χ1v) is 7.49. The van der Waals surface area contributed by atoms with Crippen molar-refractivity contribution in [1.29, 1.82) is 0 Å². The van der Waals surface area contributed by atoms with Crippen LogP contribution in [-0.4, -0.2) is 22.8 Å². The summed E-state index contributed by atoms with van der Waals surface area (Å²) in [5.74, 6) is -1.15. The number of rotatable bonds is 2. The Balaban J connectivity index is 1.91. The second-order valence-electron chi connectivity index (χ2n) is 5.13. The molecule has 0 fully saturated rings. The highest BCUT2D eigenvalue weighted by atomic mass is 32.2. The summed E-state index contributed by atoms with van der Waals surface area (Å²) in [5, 5.41) is 9.98. The van der Waals surface area contributed by atoms with Gasteiger partial charge in [0.15, 0.2) is 11.6 Å². The van der Waals surface area contributed by atoms with Crippen LogP contribution in [0.5, 0.6) is 0 Å². The van der Waals surface area contributed by atoms with Gasteiger partial charge in [-0.3, -0.25) is 9.59 Å². The summed E-state index contributed by atoms with van der Waals surface area (Å²) in [7, 11) is 0. The summed E-state index contributed by atoms with van der Waals surface area (Å²) in [6.07, 6.45) is 5.22. The Bertz CT molecular complexity index is 695. The molecule has 0 bridgehead atoms. The number of hydrogen-bond acceptors (Lipinski definition) is 4. The molecular formula is C17H14O3S. The normalized spacial score (nSPS) is 24.5. The van der Waals surface area contributed by atoms with Gasteiger partial charge in [-0.25, -0.2) is 0 Å². The SMILES string of the molecule is Cc1ccc(SC2=CC(=O)C3=CC=CC(O)C3C2=O)cc1. The minimum atomic E-state index is -0.927. The van der Waals surface area contributed by atoms with Crippen molar-refractivity contribution in [2.45, 2.75) is 17.9 Å². The summed E-state index contributed by atoms with van der Waals surface area (Å²) >= 11 is 1.27. The molecule has 4 heteroatoms. The van der Waals surface area contributed by atoms with E-state index in [2.05, 4.69) is 0 Å². The lowest BCUT2D eigenvalue weighted by Gasteiger charge is -2.27. The lowest BCUT2D eigenvalue weighted by Crippen LogP contribution is -2.36. The molecule has 0 heterocycles. The highest BCUT2D eigenvalue weighted by molar-refractivity contribution is 8.04. The lowest BCUT2D eigenvalue weighted by atomic mass is 9.80. The number of thioether (sulfide) groups is 1. The second kappa shape index (κ2) is 5.47. The van der Waals surface area contributed by atoms with Gasteiger partial charge >= 0.3 is 0 Å². The van der Waals surface area contributed by atoms with E-state index in [0.717, 1.165) is 10.5 Å². The smallest absolute Gasteiger partial charge is 0.183 e. The van der Waals surface area contributed by atoms with Crippen molar-refractivity contribution in [3.05, 3.63) is 64.6 Å². The molecule has 2 atom stereocenters. The molecule has 0 amide bonds. The zero-order valence-electron chi connectivity index (χ0n) is 11.4. The lowest BCUT2D eigenvalue weighted by molar-refractivity contribution is -0.123. The first-order valence-electron chi connectivity index (χ1n) is 6.67. The van der Waals surface area contributed by atoms with E-state index >= 15 is 0 Å². The predicted octanol–water partition coefficient (Wildman–Crippen LogP) is 2.60. The number of aryl methyl sites for hydroxylation is 1. The zero-order valence-corrected chi connectivity index (χ0v) is 12.3. The molecule has 0 saturated heterocycles. The van der Waals surface area contributed by atoms with Crippen LogP contribution in [0.15, 0.2) is 63.9 Å². The molecule has 2 aliphatic carbocycles. The Hall–Kier alpha value is -1.91. The number of aliphatic hydroxyl groups excluding tert-OH is 1. The van der Waals surface area contributed by atoms with Crippen LogP contribution in [0.25, 0.3) is 0 Å². The molecular weight excluding hydrogens is 284 g/mol. The Morgan fingerprint density at radius 3 is 2.57 bits per heavy atom. The van der Waals surface area contributed by atoms with Gasteiger partial charge in [-0.15, -0.1) is 0 Å². The van der Waals surface area contributed by atoms with Gasteiger partial charge in [-0.1, -0.05) is 47.7 Å². The van der Waals surface area contributed by atoms with Gasteiger partial charge in [0, 0.05) is 16.5 Å². The fourth-order valence-electron chi connectivity index (χ4n) is 2.44. The molecule has 0 radical (unpaired) electrons. The van der Waals surface area contributed by atoms with Gasteiger partial charge in [0.2, 0.25) is 0 Å². The van der Waals surface area contributed by atoms with Crippen LogP contribution in [0, 0.1) is 12.8 Å². The maximum Gasteiger partial charge on any atom is 0.183 e. The number of Topliss-reactive ketones (excluding diaryl/α,β-unsaturated/α-hetero) is 1. The molecule has 0 aromatic heterocycles. The fraction of sp³-hybridized carbons (Fsp3) is 0.176. The van der Waals surface area contributed by atoms with Gasteiger partial charge in [-0.05, 0) is 19.1 Å². The van der Waals surface area contributed by atoms with Crippen molar-refractivity contribution in [2.24, 2.45) is 5.92 Å². The summed E-state index contributed by atoms with van der Waals surface area (Å²) in [5.41, 5.74) is 1.51. The second-order valence-corrected chi connectivity index (χ2v) is 6.24. The third-order valence-electron chi connectivity index (χ3n) is 3.58. The summed E-state index contributed by atoms with van der Waals surface area (Å²) < 4.78 is 0. The maximum atomic E-state index is 12.5. The number of allylic oxidation sites excluding steroid dienone is 4. The number of ketones is 2. The largest absolute Gasteiger partial charge is 0.388 e. The Labute approximate surface area is 127 Å². The van der Waals surface area contributed by atoms with Crippen molar-refractivity contribution in [3.8, 4) is 0 Å². The molecule has 0 saturated carbocycles. The van der Waals surface area contributed by atoms with Gasteiger partial charge in [0.05, 0.1) is 16.9 Å². The van der Waals surface area contributed by atoms with Gasteiger partial charge < -0.3 is 5.11 Å². The predicted molar refractivity (Wildman–Crippen MR) is 81.9 cm³/mol. The van der Waals surface area contributed by atoms with Crippen LogP contribution in [-0.2, 0) is 9.59 Å². The van der Waals surface area contributed by atoms with Gasteiger partial charge in [0.1, 0.15) is 0 Å². The standard InChI is InChI=1S/C17H14O3S/c1-10-5-7-11(8-6-10)21-15-9-14(19)12-3-2-4-13(18)16(12)17(15)20/h2-9,13,16,18H,1H3. The quantitative estimate of drug-likeness (QED) is 0.912. The number of benzene rings is 1. The number of aliphatic hydroxyl groups is 1. The average molecular weight is 298 g/mol. The maximum absolute atomic E-state index is 12.5. The summed E-state index contributed by atoms with van der Waals surface area (Å²) in [6, 6.07) is 7.76. The number of fused-ring (bicyclic) bond motifs is 1. The highest BCUT2D eigenvalue weighted by Crippen LogP contribution is 2.37. The molecule has 2 aliphatic rings. The number of hydrogen-bond donors (Lipinski definition) is 1. The van der Waals surface area contributed by atoms with Gasteiger partial charge in [-0.2, -0.15) is 0 Å². The molecule has 0 aliphatic heterocycles. The van der Waals surface area contributed by atoms with Crippen molar-refractivity contribution in [2.75, 3.05) is 0 Å². The van der Waals surface area contributed by atoms with Crippen molar-refractivity contribution in [1.82, 2.24) is 0 Å². The van der Waals surface area contributed by atoms with Crippen LogP contribution >= 0.6 is 11.8 Å². The van der Waals surface area contributed by atoms with E-state index in [1.165, 1.54) is 17.8 Å². The number of carbonyl (C=O) groups is 2. The van der Waals surface area contributed by atoms with E-state index in [-0.39, 0.29) is 11.6 Å². The molecule has 21 heavy (non-hydrogen) atoms. The zero-order chi connectivity index (χ0) is 15.0. The van der Waals surface area contributed by atoms with E-state index < -0.39 is 12.0 Å². The van der Waals surface area contributed by atoms with E-state index in [1.807, 2.05) is 31.2 Å². The molecule has 1 aromatic carbocycles. The van der Waals surface area contributed by atoms with Gasteiger partial charge in [0.25, 0.3) is 0 Å². The molecule has 0 spiro atoms. The van der Waals surface area contributed by atoms with E-state index in [0.29, 0.717) is 10.5 Å². The molecule has 1 N–H and O–H groups in total. The van der Waals surface area contributed by atoms with E-state index in [1.54, 1.807) is 18.2 Å². The average Bonchev–Trinajstić information content (AvgIpc) is 2.46. The molecule has 3 nitrogen and oxygen atoms in total. The summed E-state index contributed by atoms with van der Waals surface area (Å²) in [4.78, 5) is 25.9. The molecule has 1 aromatic rings. The van der Waals surface area contributed by atoms with Crippen LogP contribution < -0.4 is 0 Å². The highest BCUT2D eigenvalue weighted by Gasteiger charge is 2.39. The van der Waals surface area contributed by atoms with E-state index in [9.17, 15) is 14.7 Å². The van der Waals surface area contributed by atoms with Crippen LogP contribution in [0.4, 0.5) is 0 Å². The first-order chi connectivity index (χ1) is 10.1. The Kier molecular flexibility index (Phi) is 3.66. The molecule has 3 rings (SSSR count).